The summed E-state index contributed by atoms with van der Waals surface area (Å²) in [6.07, 6.45) is 4.79. The minimum absolute atomic E-state index is 0.325. The molecule has 0 aromatic rings. The van der Waals surface area contributed by atoms with Crippen molar-refractivity contribution in [2.45, 2.75) is 45.1 Å². The largest absolute Gasteiger partial charge is 0.396 e. The highest BCUT2D eigenvalue weighted by Gasteiger charge is 2.36. The normalized spacial score (nSPS) is 18.2. The van der Waals surface area contributed by atoms with Crippen LogP contribution >= 0.6 is 0 Å². The average molecular weight is 171 g/mol. The Bertz CT molecular complexity index is 130. The van der Waals surface area contributed by atoms with Crippen molar-refractivity contribution < 1.29 is 5.11 Å². The fourth-order valence-electron chi connectivity index (χ4n) is 1.60. The SMILES string of the molecule is CC(C)(NCCCCO)C1CC1. The van der Waals surface area contributed by atoms with Crippen molar-refractivity contribution in [2.75, 3.05) is 13.2 Å². The van der Waals surface area contributed by atoms with E-state index in [-0.39, 0.29) is 0 Å². The molecule has 2 nitrogen and oxygen atoms in total. The molecule has 0 atom stereocenters. The van der Waals surface area contributed by atoms with E-state index in [0.29, 0.717) is 12.1 Å². The zero-order valence-corrected chi connectivity index (χ0v) is 8.27. The first-order valence-electron chi connectivity index (χ1n) is 5.02. The molecular formula is C10H21NO. The molecular weight excluding hydrogens is 150 g/mol. The minimum atomic E-state index is 0.325. The Hall–Kier alpha value is -0.0800. The Morgan fingerprint density at radius 3 is 2.50 bits per heavy atom. The molecule has 0 saturated heterocycles. The first-order valence-corrected chi connectivity index (χ1v) is 5.02. The fraction of sp³-hybridized carbons (Fsp3) is 1.00. The molecule has 1 rings (SSSR count). The Morgan fingerprint density at radius 2 is 2.00 bits per heavy atom. The molecule has 0 aromatic carbocycles. The predicted octanol–water partition coefficient (Wildman–Crippen LogP) is 1.54. The van der Waals surface area contributed by atoms with Crippen LogP contribution in [0.1, 0.15) is 39.5 Å². The number of unbranched alkanes of at least 4 members (excludes halogenated alkanes) is 1. The summed E-state index contributed by atoms with van der Waals surface area (Å²) in [6.45, 7) is 5.93. The molecule has 1 aliphatic carbocycles. The van der Waals surface area contributed by atoms with Crippen LogP contribution in [0.25, 0.3) is 0 Å². The van der Waals surface area contributed by atoms with Gasteiger partial charge in [0, 0.05) is 12.1 Å². The van der Waals surface area contributed by atoms with Crippen LogP contribution < -0.4 is 5.32 Å². The van der Waals surface area contributed by atoms with Gasteiger partial charge in [-0.15, -0.1) is 0 Å². The van der Waals surface area contributed by atoms with E-state index in [2.05, 4.69) is 19.2 Å². The lowest BCUT2D eigenvalue weighted by atomic mass is 9.99. The summed E-state index contributed by atoms with van der Waals surface area (Å²) in [7, 11) is 0. The third-order valence-corrected chi connectivity index (χ3v) is 2.76. The first kappa shape index (κ1) is 10.0. The van der Waals surface area contributed by atoms with E-state index in [4.69, 9.17) is 5.11 Å². The second kappa shape index (κ2) is 4.24. The molecule has 0 unspecified atom stereocenters. The number of hydrogen-bond donors (Lipinski definition) is 2. The molecule has 72 valence electrons. The van der Waals surface area contributed by atoms with E-state index in [9.17, 15) is 0 Å². The van der Waals surface area contributed by atoms with Gasteiger partial charge in [-0.1, -0.05) is 0 Å². The smallest absolute Gasteiger partial charge is 0.0431 e. The second-order valence-corrected chi connectivity index (χ2v) is 4.35. The summed E-state index contributed by atoms with van der Waals surface area (Å²) in [5.41, 5.74) is 0.329. The average Bonchev–Trinajstić information content (AvgIpc) is 2.80. The van der Waals surface area contributed by atoms with Gasteiger partial charge in [-0.05, 0) is 52.0 Å². The Labute approximate surface area is 75.4 Å². The fourth-order valence-corrected chi connectivity index (χ4v) is 1.60. The highest BCUT2D eigenvalue weighted by Crippen LogP contribution is 2.39. The topological polar surface area (TPSA) is 32.3 Å². The maximum absolute atomic E-state index is 8.59. The third kappa shape index (κ3) is 3.11. The van der Waals surface area contributed by atoms with Gasteiger partial charge in [0.05, 0.1) is 0 Å². The summed E-state index contributed by atoms with van der Waals surface area (Å²) in [5.74, 6) is 0.895. The van der Waals surface area contributed by atoms with Gasteiger partial charge < -0.3 is 10.4 Å². The molecule has 0 spiro atoms. The van der Waals surface area contributed by atoms with Crippen molar-refractivity contribution >= 4 is 0 Å². The van der Waals surface area contributed by atoms with Gasteiger partial charge >= 0.3 is 0 Å². The van der Waals surface area contributed by atoms with E-state index in [1.165, 1.54) is 12.8 Å². The van der Waals surface area contributed by atoms with Crippen LogP contribution in [0.4, 0.5) is 0 Å². The molecule has 2 heteroatoms. The van der Waals surface area contributed by atoms with Gasteiger partial charge in [0.15, 0.2) is 0 Å². The molecule has 1 aliphatic rings. The van der Waals surface area contributed by atoms with Crippen LogP contribution in [-0.4, -0.2) is 23.8 Å². The van der Waals surface area contributed by atoms with Gasteiger partial charge in [-0.3, -0.25) is 0 Å². The molecule has 0 aromatic heterocycles. The summed E-state index contributed by atoms with van der Waals surface area (Å²) in [5, 5.41) is 12.1. The van der Waals surface area contributed by atoms with Crippen LogP contribution in [0, 0.1) is 5.92 Å². The van der Waals surface area contributed by atoms with Crippen molar-refractivity contribution in [1.29, 1.82) is 0 Å². The molecule has 0 radical (unpaired) electrons. The van der Waals surface area contributed by atoms with Crippen LogP contribution in [0.3, 0.4) is 0 Å². The van der Waals surface area contributed by atoms with Crippen molar-refractivity contribution in [3.05, 3.63) is 0 Å². The molecule has 0 aliphatic heterocycles. The van der Waals surface area contributed by atoms with Gasteiger partial charge in [-0.25, -0.2) is 0 Å². The summed E-state index contributed by atoms with van der Waals surface area (Å²) < 4.78 is 0. The zero-order chi connectivity index (χ0) is 9.03. The quantitative estimate of drug-likeness (QED) is 0.594. The maximum Gasteiger partial charge on any atom is 0.0431 e. The molecule has 2 N–H and O–H groups in total. The van der Waals surface area contributed by atoms with Crippen molar-refractivity contribution in [1.82, 2.24) is 5.32 Å². The van der Waals surface area contributed by atoms with Crippen molar-refractivity contribution in [2.24, 2.45) is 5.92 Å². The molecule has 0 bridgehead atoms. The number of aliphatic hydroxyl groups is 1. The zero-order valence-electron chi connectivity index (χ0n) is 8.27. The van der Waals surface area contributed by atoms with Crippen LogP contribution in [-0.2, 0) is 0 Å². The van der Waals surface area contributed by atoms with E-state index in [0.717, 1.165) is 25.3 Å². The standard InChI is InChI=1S/C10H21NO/c1-10(2,9-5-6-9)11-7-3-4-8-12/h9,11-12H,3-8H2,1-2H3. The summed E-state index contributed by atoms with van der Waals surface area (Å²) >= 11 is 0. The minimum Gasteiger partial charge on any atom is -0.396 e. The van der Waals surface area contributed by atoms with E-state index in [1.807, 2.05) is 0 Å². The number of hydrogen-bond acceptors (Lipinski definition) is 2. The van der Waals surface area contributed by atoms with Crippen LogP contribution in [0.5, 0.6) is 0 Å². The number of nitrogens with one attached hydrogen (secondary N) is 1. The third-order valence-electron chi connectivity index (χ3n) is 2.76. The lowest BCUT2D eigenvalue weighted by Crippen LogP contribution is -2.41. The van der Waals surface area contributed by atoms with Gasteiger partial charge in [-0.2, -0.15) is 0 Å². The van der Waals surface area contributed by atoms with E-state index >= 15 is 0 Å². The maximum atomic E-state index is 8.59. The molecule has 1 saturated carbocycles. The van der Waals surface area contributed by atoms with E-state index in [1.54, 1.807) is 0 Å². The molecule has 12 heavy (non-hydrogen) atoms. The Balaban J connectivity index is 2.04. The van der Waals surface area contributed by atoms with E-state index < -0.39 is 0 Å². The number of rotatable bonds is 6. The first-order chi connectivity index (χ1) is 5.67. The number of aliphatic hydroxyl groups excluding tert-OH is 1. The highest BCUT2D eigenvalue weighted by atomic mass is 16.2. The van der Waals surface area contributed by atoms with Gasteiger partial charge in [0.2, 0.25) is 0 Å². The molecule has 0 heterocycles. The van der Waals surface area contributed by atoms with Crippen LogP contribution in [0.15, 0.2) is 0 Å². The Morgan fingerprint density at radius 1 is 1.33 bits per heavy atom. The van der Waals surface area contributed by atoms with Crippen molar-refractivity contribution in [3.63, 3.8) is 0 Å². The second-order valence-electron chi connectivity index (χ2n) is 4.35. The summed E-state index contributed by atoms with van der Waals surface area (Å²) in [6, 6.07) is 0. The molecule has 0 amide bonds. The summed E-state index contributed by atoms with van der Waals surface area (Å²) in [4.78, 5) is 0. The lowest BCUT2D eigenvalue weighted by Gasteiger charge is -2.26. The lowest BCUT2D eigenvalue weighted by molar-refractivity contribution is 0.275. The monoisotopic (exact) mass is 171 g/mol. The van der Waals surface area contributed by atoms with Gasteiger partial charge in [0.1, 0.15) is 0 Å². The molecule has 1 fully saturated rings. The Kier molecular flexibility index (Phi) is 3.53. The van der Waals surface area contributed by atoms with Gasteiger partial charge in [0.25, 0.3) is 0 Å². The highest BCUT2D eigenvalue weighted by molar-refractivity contribution is 4.94. The predicted molar refractivity (Wildman–Crippen MR) is 51.1 cm³/mol. The van der Waals surface area contributed by atoms with Crippen LogP contribution in [0.2, 0.25) is 0 Å². The van der Waals surface area contributed by atoms with Crippen molar-refractivity contribution in [3.8, 4) is 0 Å².